The van der Waals surface area contributed by atoms with E-state index >= 15 is 0 Å². The molecule has 3 aromatic rings. The summed E-state index contributed by atoms with van der Waals surface area (Å²) >= 11 is 12.3. The van der Waals surface area contributed by atoms with Crippen LogP contribution < -0.4 is 10.2 Å². The Balaban J connectivity index is 1.36. The average Bonchev–Trinajstić information content (AvgIpc) is 3.33. The van der Waals surface area contributed by atoms with Crippen LogP contribution in [0.1, 0.15) is 19.3 Å². The molecule has 0 bridgehead atoms. The van der Waals surface area contributed by atoms with Gasteiger partial charge in [0.05, 0.1) is 5.52 Å². The van der Waals surface area contributed by atoms with Crippen LogP contribution in [0, 0.1) is 5.95 Å². The van der Waals surface area contributed by atoms with Crippen LogP contribution in [-0.4, -0.2) is 34.1 Å². The number of aromatic amines is 1. The first-order chi connectivity index (χ1) is 12.6. The summed E-state index contributed by atoms with van der Waals surface area (Å²) < 4.78 is 13.1. The van der Waals surface area contributed by atoms with Crippen molar-refractivity contribution in [2.75, 3.05) is 23.3 Å². The first-order valence-corrected chi connectivity index (χ1v) is 9.33. The Morgan fingerprint density at radius 3 is 2.65 bits per heavy atom. The summed E-state index contributed by atoms with van der Waals surface area (Å²) in [5.74, 6) is 0.0673. The van der Waals surface area contributed by atoms with Gasteiger partial charge in [-0.25, -0.2) is 0 Å². The Morgan fingerprint density at radius 1 is 1.15 bits per heavy atom. The van der Waals surface area contributed by atoms with E-state index in [1.165, 1.54) is 18.9 Å². The second-order valence-electron chi connectivity index (χ2n) is 6.42. The molecule has 1 fully saturated rings. The fraction of sp³-hybridized carbons (Fsp3) is 0.333. The SMILES string of the molecule is Fc1ccc2[nH]c(NCCCN(c3cc(Cl)cc(Cl)c3)C3CC3)nc2n1. The van der Waals surface area contributed by atoms with Gasteiger partial charge in [0.25, 0.3) is 0 Å². The molecule has 4 rings (SSSR count). The molecule has 2 aromatic heterocycles. The molecule has 5 nitrogen and oxygen atoms in total. The van der Waals surface area contributed by atoms with Crippen LogP contribution >= 0.6 is 23.2 Å². The topological polar surface area (TPSA) is 56.8 Å². The van der Waals surface area contributed by atoms with Gasteiger partial charge in [0.1, 0.15) is 0 Å². The minimum Gasteiger partial charge on any atom is -0.368 e. The number of pyridine rings is 1. The zero-order chi connectivity index (χ0) is 18.1. The van der Waals surface area contributed by atoms with Crippen LogP contribution in [0.25, 0.3) is 11.2 Å². The van der Waals surface area contributed by atoms with Crippen molar-refractivity contribution in [2.24, 2.45) is 0 Å². The lowest BCUT2D eigenvalue weighted by atomic mass is 10.2. The van der Waals surface area contributed by atoms with Crippen molar-refractivity contribution in [3.05, 3.63) is 46.3 Å². The number of anilines is 2. The molecule has 26 heavy (non-hydrogen) atoms. The van der Waals surface area contributed by atoms with Crippen molar-refractivity contribution in [3.63, 3.8) is 0 Å². The van der Waals surface area contributed by atoms with Gasteiger partial charge in [0.15, 0.2) is 5.65 Å². The minimum absolute atomic E-state index is 0.376. The summed E-state index contributed by atoms with van der Waals surface area (Å²) in [5, 5.41) is 4.54. The lowest BCUT2D eigenvalue weighted by Crippen LogP contribution is -2.28. The maximum Gasteiger partial charge on any atom is 0.215 e. The number of nitrogens with zero attached hydrogens (tertiary/aromatic N) is 3. The van der Waals surface area contributed by atoms with Gasteiger partial charge >= 0.3 is 0 Å². The molecule has 8 heteroatoms. The highest BCUT2D eigenvalue weighted by Gasteiger charge is 2.29. The molecule has 0 aliphatic heterocycles. The molecular weight excluding hydrogens is 376 g/mol. The monoisotopic (exact) mass is 393 g/mol. The van der Waals surface area contributed by atoms with Crippen LogP contribution in [-0.2, 0) is 0 Å². The van der Waals surface area contributed by atoms with E-state index < -0.39 is 5.95 Å². The molecular formula is C18H18Cl2FN5. The fourth-order valence-corrected chi connectivity index (χ4v) is 3.54. The Morgan fingerprint density at radius 2 is 1.92 bits per heavy atom. The number of hydrogen-bond donors (Lipinski definition) is 2. The van der Waals surface area contributed by atoms with Gasteiger partial charge in [-0.15, -0.1) is 0 Å². The van der Waals surface area contributed by atoms with Crippen molar-refractivity contribution in [3.8, 4) is 0 Å². The minimum atomic E-state index is -0.532. The first kappa shape index (κ1) is 17.4. The third-order valence-electron chi connectivity index (χ3n) is 4.35. The fourth-order valence-electron chi connectivity index (χ4n) is 3.02. The number of nitrogens with one attached hydrogen (secondary N) is 2. The maximum atomic E-state index is 13.1. The zero-order valence-corrected chi connectivity index (χ0v) is 15.5. The number of fused-ring (bicyclic) bond motifs is 1. The molecule has 1 aliphatic rings. The molecule has 0 unspecified atom stereocenters. The quantitative estimate of drug-likeness (QED) is 0.443. The van der Waals surface area contributed by atoms with Gasteiger partial charge in [-0.1, -0.05) is 23.2 Å². The summed E-state index contributed by atoms with van der Waals surface area (Å²) in [5.41, 5.74) is 2.15. The van der Waals surface area contributed by atoms with E-state index in [1.807, 2.05) is 12.1 Å². The third kappa shape index (κ3) is 4.02. The number of halogens is 3. The predicted octanol–water partition coefficient (Wildman–Crippen LogP) is 4.87. The van der Waals surface area contributed by atoms with E-state index in [1.54, 1.807) is 12.1 Å². The Hall–Kier alpha value is -2.05. The Kier molecular flexibility index (Phi) is 4.87. The number of imidazole rings is 1. The van der Waals surface area contributed by atoms with Crippen LogP contribution in [0.15, 0.2) is 30.3 Å². The van der Waals surface area contributed by atoms with Crippen LogP contribution in [0.3, 0.4) is 0 Å². The van der Waals surface area contributed by atoms with E-state index in [0.29, 0.717) is 33.2 Å². The Labute approximate surface area is 160 Å². The summed E-state index contributed by atoms with van der Waals surface area (Å²) in [6, 6.07) is 9.17. The normalized spacial score (nSPS) is 14.0. The molecule has 2 N–H and O–H groups in total. The molecule has 1 saturated carbocycles. The molecule has 0 spiro atoms. The van der Waals surface area contributed by atoms with Gasteiger partial charge in [0.2, 0.25) is 11.9 Å². The molecule has 136 valence electrons. The van der Waals surface area contributed by atoms with Crippen molar-refractivity contribution >= 4 is 46.0 Å². The van der Waals surface area contributed by atoms with E-state index in [4.69, 9.17) is 23.2 Å². The van der Waals surface area contributed by atoms with Crippen LogP contribution in [0.5, 0.6) is 0 Å². The zero-order valence-electron chi connectivity index (χ0n) is 14.0. The van der Waals surface area contributed by atoms with E-state index in [2.05, 4.69) is 25.2 Å². The smallest absolute Gasteiger partial charge is 0.215 e. The van der Waals surface area contributed by atoms with Crippen LogP contribution in [0.2, 0.25) is 10.0 Å². The van der Waals surface area contributed by atoms with Crippen molar-refractivity contribution < 1.29 is 4.39 Å². The van der Waals surface area contributed by atoms with E-state index in [9.17, 15) is 4.39 Å². The number of benzene rings is 1. The van der Waals surface area contributed by atoms with E-state index in [-0.39, 0.29) is 0 Å². The molecule has 0 radical (unpaired) electrons. The molecule has 0 amide bonds. The van der Waals surface area contributed by atoms with Crippen molar-refractivity contribution in [1.82, 2.24) is 15.0 Å². The summed E-state index contributed by atoms with van der Waals surface area (Å²) in [6.45, 7) is 1.63. The van der Waals surface area contributed by atoms with E-state index in [0.717, 1.165) is 25.2 Å². The molecule has 0 saturated heterocycles. The number of hydrogen-bond acceptors (Lipinski definition) is 4. The summed E-state index contributed by atoms with van der Waals surface area (Å²) in [6.07, 6.45) is 3.30. The number of aromatic nitrogens is 3. The average molecular weight is 394 g/mol. The van der Waals surface area contributed by atoms with Crippen LogP contribution in [0.4, 0.5) is 16.0 Å². The lowest BCUT2D eigenvalue weighted by molar-refractivity contribution is 0.588. The van der Waals surface area contributed by atoms with Gasteiger partial charge < -0.3 is 15.2 Å². The third-order valence-corrected chi connectivity index (χ3v) is 4.78. The highest BCUT2D eigenvalue weighted by Crippen LogP contribution is 2.34. The number of H-pyrrole nitrogens is 1. The second-order valence-corrected chi connectivity index (χ2v) is 7.30. The first-order valence-electron chi connectivity index (χ1n) is 8.57. The molecule has 2 heterocycles. The van der Waals surface area contributed by atoms with Gasteiger partial charge in [-0.3, -0.25) is 0 Å². The van der Waals surface area contributed by atoms with Gasteiger partial charge in [0, 0.05) is 34.9 Å². The lowest BCUT2D eigenvalue weighted by Gasteiger charge is -2.25. The Bertz CT molecular complexity index is 905. The largest absolute Gasteiger partial charge is 0.368 e. The maximum absolute atomic E-state index is 13.1. The predicted molar refractivity (Wildman–Crippen MR) is 104 cm³/mol. The summed E-state index contributed by atoms with van der Waals surface area (Å²) in [7, 11) is 0. The van der Waals surface area contributed by atoms with Gasteiger partial charge in [-0.2, -0.15) is 14.4 Å². The molecule has 0 atom stereocenters. The standard InChI is InChI=1S/C18H18Cl2FN5/c19-11-8-12(20)10-14(9-11)26(13-2-3-13)7-1-6-22-18-23-15-4-5-16(21)24-17(15)25-18/h4-5,8-10,13H,1-3,6-7H2,(H2,22,23,24,25). The number of rotatable bonds is 7. The highest BCUT2D eigenvalue weighted by atomic mass is 35.5. The highest BCUT2D eigenvalue weighted by molar-refractivity contribution is 6.35. The van der Waals surface area contributed by atoms with Crippen molar-refractivity contribution in [1.29, 1.82) is 0 Å². The summed E-state index contributed by atoms with van der Waals surface area (Å²) in [4.78, 5) is 13.5. The van der Waals surface area contributed by atoms with Gasteiger partial charge in [-0.05, 0) is 49.6 Å². The molecule has 1 aliphatic carbocycles. The second kappa shape index (κ2) is 7.29. The molecule has 1 aromatic carbocycles. The van der Waals surface area contributed by atoms with Crippen molar-refractivity contribution in [2.45, 2.75) is 25.3 Å².